The van der Waals surface area contributed by atoms with Crippen LogP contribution in [0.5, 0.6) is 5.75 Å². The fourth-order valence-corrected chi connectivity index (χ4v) is 4.62. The van der Waals surface area contributed by atoms with Crippen LogP contribution >= 0.6 is 11.3 Å². The number of thiazole rings is 1. The highest BCUT2D eigenvalue weighted by molar-refractivity contribution is 7.14. The van der Waals surface area contributed by atoms with Crippen LogP contribution in [-0.2, 0) is 9.59 Å². The Morgan fingerprint density at radius 1 is 1.32 bits per heavy atom. The van der Waals surface area contributed by atoms with Gasteiger partial charge in [-0.15, -0.1) is 11.3 Å². The molecule has 1 aromatic carbocycles. The van der Waals surface area contributed by atoms with E-state index in [1.807, 2.05) is 23.6 Å². The Kier molecular flexibility index (Phi) is 5.62. The molecule has 2 amide bonds. The van der Waals surface area contributed by atoms with E-state index in [0.29, 0.717) is 23.2 Å². The number of hydrogen-bond donors (Lipinski definition) is 1. The predicted octanol–water partition coefficient (Wildman–Crippen LogP) is 4.46. The van der Waals surface area contributed by atoms with Gasteiger partial charge in [0.15, 0.2) is 11.7 Å². The third-order valence-electron chi connectivity index (χ3n) is 5.60. The van der Waals surface area contributed by atoms with Crippen molar-refractivity contribution in [1.82, 2.24) is 4.98 Å². The largest absolute Gasteiger partial charge is 0.482 e. The number of anilines is 2. The first-order chi connectivity index (χ1) is 13.6. The van der Waals surface area contributed by atoms with E-state index in [1.54, 1.807) is 11.9 Å². The number of hydrogen-bond acceptors (Lipinski definition) is 5. The summed E-state index contributed by atoms with van der Waals surface area (Å²) in [5.41, 5.74) is 2.41. The molecule has 2 aromatic rings. The molecule has 7 heteroatoms. The first-order valence-corrected chi connectivity index (χ1v) is 10.8. The molecule has 1 fully saturated rings. The molecule has 1 N–H and O–H groups in total. The Morgan fingerprint density at radius 3 is 2.96 bits per heavy atom. The molecule has 1 saturated carbocycles. The van der Waals surface area contributed by atoms with E-state index in [0.717, 1.165) is 23.4 Å². The van der Waals surface area contributed by atoms with E-state index < -0.39 is 0 Å². The van der Waals surface area contributed by atoms with Gasteiger partial charge in [-0.3, -0.25) is 9.59 Å². The maximum absolute atomic E-state index is 12.3. The number of carbonyl (C=O) groups excluding carboxylic acids is 2. The zero-order chi connectivity index (χ0) is 19.5. The Morgan fingerprint density at radius 2 is 2.14 bits per heavy atom. The summed E-state index contributed by atoms with van der Waals surface area (Å²) in [5, 5.41) is 5.46. The molecule has 6 nitrogen and oxygen atoms in total. The third kappa shape index (κ3) is 4.19. The molecule has 0 bridgehead atoms. The van der Waals surface area contributed by atoms with Crippen molar-refractivity contribution < 1.29 is 14.3 Å². The average Bonchev–Trinajstić information content (AvgIpc) is 3.18. The van der Waals surface area contributed by atoms with E-state index in [1.165, 1.54) is 43.4 Å². The topological polar surface area (TPSA) is 71.5 Å². The summed E-state index contributed by atoms with van der Waals surface area (Å²) in [4.78, 5) is 30.3. The lowest BCUT2D eigenvalue weighted by Crippen LogP contribution is -2.35. The van der Waals surface area contributed by atoms with Crippen molar-refractivity contribution in [3.8, 4) is 17.0 Å². The highest BCUT2D eigenvalue weighted by Gasteiger charge is 2.23. The van der Waals surface area contributed by atoms with Crippen LogP contribution in [0, 0.1) is 5.92 Å². The van der Waals surface area contributed by atoms with Gasteiger partial charge in [0.1, 0.15) is 5.75 Å². The van der Waals surface area contributed by atoms with Crippen molar-refractivity contribution in [2.24, 2.45) is 5.92 Å². The molecule has 0 atom stereocenters. The molecule has 2 aliphatic rings. The molecule has 0 unspecified atom stereocenters. The monoisotopic (exact) mass is 399 g/mol. The average molecular weight is 400 g/mol. The summed E-state index contributed by atoms with van der Waals surface area (Å²) in [6, 6.07) is 5.68. The van der Waals surface area contributed by atoms with E-state index in [-0.39, 0.29) is 18.4 Å². The van der Waals surface area contributed by atoms with Gasteiger partial charge in [-0.1, -0.05) is 32.1 Å². The molecule has 28 heavy (non-hydrogen) atoms. The van der Waals surface area contributed by atoms with E-state index in [4.69, 9.17) is 4.74 Å². The first kappa shape index (κ1) is 18.9. The van der Waals surface area contributed by atoms with Crippen molar-refractivity contribution >= 4 is 34.0 Å². The summed E-state index contributed by atoms with van der Waals surface area (Å²) in [7, 11) is 1.74. The quantitative estimate of drug-likeness (QED) is 0.805. The van der Waals surface area contributed by atoms with Crippen molar-refractivity contribution in [1.29, 1.82) is 0 Å². The van der Waals surface area contributed by atoms with Crippen LogP contribution in [0.2, 0.25) is 0 Å². The number of aromatic nitrogens is 1. The zero-order valence-electron chi connectivity index (χ0n) is 16.1. The number of nitrogens with one attached hydrogen (secondary N) is 1. The van der Waals surface area contributed by atoms with Gasteiger partial charge in [0.25, 0.3) is 5.91 Å². The lowest BCUT2D eigenvalue weighted by atomic mass is 9.86. The number of fused-ring (bicyclic) bond motifs is 1. The number of amides is 2. The molecule has 1 aliphatic carbocycles. The smallest absolute Gasteiger partial charge is 0.264 e. The Labute approximate surface area is 168 Å². The fourth-order valence-electron chi connectivity index (χ4n) is 3.89. The lowest BCUT2D eigenvalue weighted by Gasteiger charge is -2.26. The minimum absolute atomic E-state index is 0.0376. The summed E-state index contributed by atoms with van der Waals surface area (Å²) >= 11 is 1.42. The summed E-state index contributed by atoms with van der Waals surface area (Å²) < 4.78 is 5.47. The van der Waals surface area contributed by atoms with Gasteiger partial charge in [0.2, 0.25) is 5.91 Å². The lowest BCUT2D eigenvalue weighted by molar-refractivity contribution is -0.121. The third-order valence-corrected chi connectivity index (χ3v) is 6.35. The first-order valence-electron chi connectivity index (χ1n) is 9.89. The van der Waals surface area contributed by atoms with Crippen LogP contribution < -0.4 is 15.0 Å². The molecule has 0 saturated heterocycles. The molecule has 0 spiro atoms. The second-order valence-corrected chi connectivity index (χ2v) is 8.41. The molecular formula is C21H25N3O3S. The van der Waals surface area contributed by atoms with Crippen molar-refractivity contribution in [2.75, 3.05) is 23.9 Å². The van der Waals surface area contributed by atoms with Gasteiger partial charge in [-0.2, -0.15) is 0 Å². The minimum atomic E-state index is -0.0751. The second-order valence-electron chi connectivity index (χ2n) is 7.55. The normalized spacial score (nSPS) is 17.2. The van der Waals surface area contributed by atoms with Crippen molar-refractivity contribution in [3.05, 3.63) is 23.6 Å². The van der Waals surface area contributed by atoms with Gasteiger partial charge >= 0.3 is 0 Å². The molecule has 1 aromatic heterocycles. The molecule has 148 valence electrons. The SMILES string of the molecule is CN1C(=O)COc2ccc(-c3csc(NC(=O)CCC4CCCCC4)n3)cc21. The molecule has 1 aliphatic heterocycles. The highest BCUT2D eigenvalue weighted by Crippen LogP contribution is 2.36. The minimum Gasteiger partial charge on any atom is -0.482 e. The number of ether oxygens (including phenoxy) is 1. The zero-order valence-corrected chi connectivity index (χ0v) is 16.9. The maximum Gasteiger partial charge on any atom is 0.264 e. The Hall–Kier alpha value is -2.41. The number of benzene rings is 1. The summed E-state index contributed by atoms with van der Waals surface area (Å²) in [5.74, 6) is 1.35. The Balaban J connectivity index is 1.39. The van der Waals surface area contributed by atoms with E-state index >= 15 is 0 Å². The standard InChI is InChI=1S/C21H25N3O3S/c1-24-17-11-15(8-9-18(17)27-12-20(24)26)16-13-28-21(22-16)23-19(25)10-7-14-5-3-2-4-6-14/h8-9,11,13-14H,2-7,10,12H2,1H3,(H,22,23,25). The number of carbonyl (C=O) groups is 2. The van der Waals surface area contributed by atoms with E-state index in [2.05, 4.69) is 10.3 Å². The van der Waals surface area contributed by atoms with Crippen LogP contribution in [0.25, 0.3) is 11.3 Å². The van der Waals surface area contributed by atoms with Crippen LogP contribution in [0.4, 0.5) is 10.8 Å². The molecular weight excluding hydrogens is 374 g/mol. The summed E-state index contributed by atoms with van der Waals surface area (Å²) in [6.07, 6.45) is 7.98. The van der Waals surface area contributed by atoms with Crippen molar-refractivity contribution in [3.63, 3.8) is 0 Å². The maximum atomic E-state index is 12.3. The molecule has 0 radical (unpaired) electrons. The van der Waals surface area contributed by atoms with Crippen LogP contribution in [0.1, 0.15) is 44.9 Å². The van der Waals surface area contributed by atoms with Gasteiger partial charge in [0.05, 0.1) is 11.4 Å². The van der Waals surface area contributed by atoms with Gasteiger partial charge < -0.3 is 15.0 Å². The molecule has 2 heterocycles. The number of nitrogens with zero attached hydrogens (tertiary/aromatic N) is 2. The number of rotatable bonds is 5. The van der Waals surface area contributed by atoms with E-state index in [9.17, 15) is 9.59 Å². The van der Waals surface area contributed by atoms with Gasteiger partial charge in [-0.05, 0) is 30.5 Å². The van der Waals surface area contributed by atoms with Crippen LogP contribution in [0.3, 0.4) is 0 Å². The fraction of sp³-hybridized carbons (Fsp3) is 0.476. The predicted molar refractivity (Wildman–Crippen MR) is 111 cm³/mol. The highest BCUT2D eigenvalue weighted by atomic mass is 32.1. The van der Waals surface area contributed by atoms with Gasteiger partial charge in [-0.25, -0.2) is 4.98 Å². The Bertz CT molecular complexity index is 874. The van der Waals surface area contributed by atoms with Crippen LogP contribution in [-0.4, -0.2) is 30.5 Å². The van der Waals surface area contributed by atoms with Crippen LogP contribution in [0.15, 0.2) is 23.6 Å². The number of likely N-dealkylation sites (N-methyl/N-ethyl adjacent to an activating group) is 1. The summed E-state index contributed by atoms with van der Waals surface area (Å²) in [6.45, 7) is 0.0661. The van der Waals surface area contributed by atoms with Crippen molar-refractivity contribution in [2.45, 2.75) is 44.9 Å². The van der Waals surface area contributed by atoms with Gasteiger partial charge in [0, 0.05) is 24.4 Å². The second kappa shape index (κ2) is 8.31. The molecule has 4 rings (SSSR count).